The first-order chi connectivity index (χ1) is 14.6. The van der Waals surface area contributed by atoms with Crippen LogP contribution in [0.1, 0.15) is 25.3 Å². The Morgan fingerprint density at radius 3 is 2.23 bits per heavy atom. The van der Waals surface area contributed by atoms with Crippen LogP contribution in [0.4, 0.5) is 5.69 Å². The van der Waals surface area contributed by atoms with E-state index in [1.54, 1.807) is 31.2 Å². The van der Waals surface area contributed by atoms with Gasteiger partial charge in [0.1, 0.15) is 6.04 Å². The van der Waals surface area contributed by atoms with Crippen molar-refractivity contribution in [1.82, 2.24) is 10.2 Å². The first-order valence-corrected chi connectivity index (χ1v) is 12.6. The Bertz CT molecular complexity index is 982. The van der Waals surface area contributed by atoms with Crippen LogP contribution in [0.15, 0.2) is 59.1 Å². The largest absolute Gasteiger partial charge is 0.357 e. The highest BCUT2D eigenvalue weighted by molar-refractivity contribution is 9.10. The molecule has 31 heavy (non-hydrogen) atoms. The Morgan fingerprint density at radius 2 is 1.68 bits per heavy atom. The van der Waals surface area contributed by atoms with Crippen molar-refractivity contribution < 1.29 is 18.0 Å². The van der Waals surface area contributed by atoms with Crippen LogP contribution < -0.4 is 9.62 Å². The Balaban J connectivity index is 2.11. The number of sulfonamides is 1. The van der Waals surface area contributed by atoms with Gasteiger partial charge in [-0.15, -0.1) is 0 Å². The van der Waals surface area contributed by atoms with E-state index in [9.17, 15) is 18.0 Å². The fraction of sp³-hybridized carbons (Fsp3) is 0.364. The number of nitrogens with one attached hydrogen (secondary N) is 1. The predicted octanol–water partition coefficient (Wildman–Crippen LogP) is 3.16. The van der Waals surface area contributed by atoms with Crippen molar-refractivity contribution in [3.05, 3.63) is 64.6 Å². The Morgan fingerprint density at radius 1 is 1.06 bits per heavy atom. The molecule has 168 valence electrons. The molecule has 0 bridgehead atoms. The number of nitrogens with zero attached hydrogens (tertiary/aromatic N) is 2. The molecule has 2 rings (SSSR count). The summed E-state index contributed by atoms with van der Waals surface area (Å²) in [7, 11) is -1.95. The van der Waals surface area contributed by atoms with Crippen LogP contribution in [0.3, 0.4) is 0 Å². The minimum Gasteiger partial charge on any atom is -0.357 e. The molecule has 0 aliphatic heterocycles. The number of carbonyl (C=O) groups excluding carboxylic acids is 2. The number of amides is 2. The molecule has 2 amide bonds. The van der Waals surface area contributed by atoms with Crippen molar-refractivity contribution in [1.29, 1.82) is 0 Å². The van der Waals surface area contributed by atoms with Gasteiger partial charge >= 0.3 is 0 Å². The first kappa shape index (κ1) is 24.9. The molecular weight excluding hydrogens is 482 g/mol. The summed E-state index contributed by atoms with van der Waals surface area (Å²) < 4.78 is 26.7. The second-order valence-electron chi connectivity index (χ2n) is 7.21. The van der Waals surface area contributed by atoms with Crippen LogP contribution in [0.5, 0.6) is 0 Å². The predicted molar refractivity (Wildman–Crippen MR) is 126 cm³/mol. The normalized spacial score (nSPS) is 12.1. The molecule has 2 aromatic carbocycles. The van der Waals surface area contributed by atoms with Crippen molar-refractivity contribution in [2.24, 2.45) is 0 Å². The van der Waals surface area contributed by atoms with Gasteiger partial charge in [-0.05, 0) is 43.2 Å². The second-order valence-corrected chi connectivity index (χ2v) is 10.0. The number of hydrogen-bond donors (Lipinski definition) is 1. The van der Waals surface area contributed by atoms with Crippen molar-refractivity contribution in [3.63, 3.8) is 0 Å². The topological polar surface area (TPSA) is 86.8 Å². The van der Waals surface area contributed by atoms with Crippen molar-refractivity contribution in [2.75, 3.05) is 24.2 Å². The number of anilines is 1. The number of halogens is 1. The van der Waals surface area contributed by atoms with E-state index >= 15 is 0 Å². The van der Waals surface area contributed by atoms with Gasteiger partial charge in [-0.1, -0.05) is 46.3 Å². The summed E-state index contributed by atoms with van der Waals surface area (Å²) in [6, 6.07) is 15.7. The molecule has 1 atom stereocenters. The highest BCUT2D eigenvalue weighted by atomic mass is 79.9. The SMILES string of the molecule is CNC(=O)C(C)N(Cc1ccc(Br)cc1)C(=O)CCCN(c1ccccc1)S(C)(=O)=O. The summed E-state index contributed by atoms with van der Waals surface area (Å²) in [5, 5.41) is 2.58. The third-order valence-corrected chi connectivity index (χ3v) is 6.60. The maximum Gasteiger partial charge on any atom is 0.242 e. The molecule has 0 saturated carbocycles. The number of carbonyl (C=O) groups is 2. The molecule has 1 N–H and O–H groups in total. The summed E-state index contributed by atoms with van der Waals surface area (Å²) in [5.74, 6) is -0.465. The fourth-order valence-electron chi connectivity index (χ4n) is 3.18. The van der Waals surface area contributed by atoms with E-state index in [0.717, 1.165) is 16.3 Å². The average Bonchev–Trinajstić information content (AvgIpc) is 2.74. The van der Waals surface area contributed by atoms with Crippen LogP contribution in [-0.4, -0.2) is 51.0 Å². The Labute approximate surface area is 192 Å². The maximum atomic E-state index is 13.0. The molecule has 0 aromatic heterocycles. The van der Waals surface area contributed by atoms with Gasteiger partial charge in [-0.2, -0.15) is 0 Å². The number of likely N-dealkylation sites (N-methyl/N-ethyl adjacent to an activating group) is 1. The van der Waals surface area contributed by atoms with Crippen LogP contribution in [0, 0.1) is 0 Å². The van der Waals surface area contributed by atoms with E-state index in [1.807, 2.05) is 30.3 Å². The Kier molecular flexibility index (Phi) is 9.06. The lowest BCUT2D eigenvalue weighted by Gasteiger charge is -2.29. The molecule has 1 unspecified atom stereocenters. The van der Waals surface area contributed by atoms with E-state index in [1.165, 1.54) is 16.3 Å². The molecule has 9 heteroatoms. The van der Waals surface area contributed by atoms with E-state index in [0.29, 0.717) is 12.1 Å². The van der Waals surface area contributed by atoms with E-state index < -0.39 is 16.1 Å². The van der Waals surface area contributed by atoms with Gasteiger partial charge in [0.2, 0.25) is 21.8 Å². The summed E-state index contributed by atoms with van der Waals surface area (Å²) in [5.41, 5.74) is 1.46. The minimum absolute atomic E-state index is 0.122. The van der Waals surface area contributed by atoms with Gasteiger partial charge in [-0.3, -0.25) is 13.9 Å². The average molecular weight is 510 g/mol. The van der Waals surface area contributed by atoms with Crippen LogP contribution in [0.25, 0.3) is 0 Å². The van der Waals surface area contributed by atoms with E-state index in [2.05, 4.69) is 21.2 Å². The zero-order chi connectivity index (χ0) is 23.0. The number of benzene rings is 2. The molecule has 0 spiro atoms. The number of hydrogen-bond acceptors (Lipinski definition) is 4. The summed E-state index contributed by atoms with van der Waals surface area (Å²) >= 11 is 3.39. The maximum absolute atomic E-state index is 13.0. The third kappa shape index (κ3) is 7.36. The number of para-hydroxylation sites is 1. The molecule has 0 fully saturated rings. The van der Waals surface area contributed by atoms with Crippen molar-refractivity contribution in [3.8, 4) is 0 Å². The van der Waals surface area contributed by atoms with Gasteiger partial charge in [0, 0.05) is 31.0 Å². The smallest absolute Gasteiger partial charge is 0.242 e. The first-order valence-electron chi connectivity index (χ1n) is 9.91. The van der Waals surface area contributed by atoms with E-state index in [-0.39, 0.29) is 31.3 Å². The van der Waals surface area contributed by atoms with E-state index in [4.69, 9.17) is 0 Å². The molecule has 0 heterocycles. The standard InChI is InChI=1S/C22H28BrN3O4S/c1-17(22(28)24-2)25(16-18-11-13-19(23)14-12-18)21(27)10-7-15-26(31(3,29)30)20-8-5-4-6-9-20/h4-6,8-9,11-14,17H,7,10,15-16H2,1-3H3,(H,24,28). The molecule has 2 aromatic rings. The molecule has 0 aliphatic rings. The molecule has 0 radical (unpaired) electrons. The van der Waals surface area contributed by atoms with Crippen molar-refractivity contribution >= 4 is 43.5 Å². The lowest BCUT2D eigenvalue weighted by Crippen LogP contribution is -2.46. The highest BCUT2D eigenvalue weighted by Crippen LogP contribution is 2.19. The zero-order valence-corrected chi connectivity index (χ0v) is 20.3. The van der Waals surface area contributed by atoms with Crippen molar-refractivity contribution in [2.45, 2.75) is 32.4 Å². The summed E-state index contributed by atoms with van der Waals surface area (Å²) in [4.78, 5) is 26.7. The lowest BCUT2D eigenvalue weighted by molar-refractivity contribution is -0.140. The van der Waals surface area contributed by atoms with Crippen LogP contribution in [-0.2, 0) is 26.2 Å². The summed E-state index contributed by atoms with van der Waals surface area (Å²) in [6.45, 7) is 2.15. The van der Waals surface area contributed by atoms with Crippen LogP contribution in [0.2, 0.25) is 0 Å². The van der Waals surface area contributed by atoms with Gasteiger partial charge < -0.3 is 10.2 Å². The highest BCUT2D eigenvalue weighted by Gasteiger charge is 2.26. The monoisotopic (exact) mass is 509 g/mol. The Hall–Kier alpha value is -2.39. The molecule has 0 aliphatic carbocycles. The quantitative estimate of drug-likeness (QED) is 0.532. The fourth-order valence-corrected chi connectivity index (χ4v) is 4.41. The molecule has 0 saturated heterocycles. The summed E-state index contributed by atoms with van der Waals surface area (Å²) in [6.07, 6.45) is 1.60. The minimum atomic E-state index is -3.48. The van der Waals surface area contributed by atoms with Gasteiger partial charge in [-0.25, -0.2) is 8.42 Å². The van der Waals surface area contributed by atoms with Gasteiger partial charge in [0.05, 0.1) is 11.9 Å². The second kappa shape index (κ2) is 11.3. The molecule has 7 nitrogen and oxygen atoms in total. The molecular formula is C22H28BrN3O4S. The zero-order valence-electron chi connectivity index (χ0n) is 17.9. The number of rotatable bonds is 10. The lowest BCUT2D eigenvalue weighted by atomic mass is 10.1. The van der Waals surface area contributed by atoms with Gasteiger partial charge in [0.15, 0.2) is 0 Å². The third-order valence-electron chi connectivity index (χ3n) is 4.88. The van der Waals surface area contributed by atoms with Crippen LogP contribution >= 0.6 is 15.9 Å². The van der Waals surface area contributed by atoms with Gasteiger partial charge in [0.25, 0.3) is 0 Å².